The molecule has 0 aromatic carbocycles. The summed E-state index contributed by atoms with van der Waals surface area (Å²) in [4.78, 5) is 83.5. The number of hydrogen-bond acceptors (Lipinski definition) is 18. The van der Waals surface area contributed by atoms with Crippen LogP contribution in [0.1, 0.15) is 48.5 Å². The van der Waals surface area contributed by atoms with Crippen LogP contribution in [0, 0.1) is 0 Å². The van der Waals surface area contributed by atoms with Crippen LogP contribution in [-0.4, -0.2) is 122 Å². The van der Waals surface area contributed by atoms with Gasteiger partial charge in [0, 0.05) is 48.5 Å². The SMILES string of the molecule is CC(=O)OCC1O[C@@H](O[C@@H]2C(COC(C)=O)O[C@@H](O)C(OC(C)=O)[C@H]2OC(C)=O)C(OC(C)=O)[C@@H](OC(C)=O)[C@@H]1OC(C)=O. The normalized spacial score (nSPS) is 31.5. The zero-order valence-corrected chi connectivity index (χ0v) is 25.1. The molecule has 0 aliphatic carbocycles. The molecule has 0 amide bonds. The Morgan fingerprint density at radius 3 is 1.27 bits per heavy atom. The summed E-state index contributed by atoms with van der Waals surface area (Å²) >= 11 is 0. The van der Waals surface area contributed by atoms with E-state index in [1.807, 2.05) is 0 Å². The Balaban J connectivity index is 2.66. The molecule has 2 aliphatic rings. The van der Waals surface area contributed by atoms with Crippen molar-refractivity contribution in [3.63, 3.8) is 0 Å². The van der Waals surface area contributed by atoms with Crippen LogP contribution in [0.5, 0.6) is 0 Å². The summed E-state index contributed by atoms with van der Waals surface area (Å²) in [6.07, 6.45) is -16.3. The Morgan fingerprint density at radius 2 is 0.841 bits per heavy atom. The van der Waals surface area contributed by atoms with Gasteiger partial charge in [0.05, 0.1) is 0 Å². The highest BCUT2D eigenvalue weighted by Crippen LogP contribution is 2.34. The third kappa shape index (κ3) is 10.7. The van der Waals surface area contributed by atoms with Gasteiger partial charge in [-0.1, -0.05) is 0 Å². The maximum atomic E-state index is 12.2. The molecule has 2 aliphatic heterocycles. The molecule has 0 aromatic heterocycles. The highest BCUT2D eigenvalue weighted by atomic mass is 16.8. The van der Waals surface area contributed by atoms with Gasteiger partial charge < -0.3 is 52.5 Å². The van der Waals surface area contributed by atoms with Gasteiger partial charge in [-0.15, -0.1) is 0 Å². The second kappa shape index (κ2) is 16.3. The van der Waals surface area contributed by atoms with Crippen molar-refractivity contribution in [3.05, 3.63) is 0 Å². The summed E-state index contributed by atoms with van der Waals surface area (Å²) in [7, 11) is 0. The first-order valence-electron chi connectivity index (χ1n) is 13.3. The quantitative estimate of drug-likeness (QED) is 0.203. The van der Waals surface area contributed by atoms with E-state index < -0.39 is 116 Å². The molecule has 0 bridgehead atoms. The first kappa shape index (κ1) is 36.3. The maximum absolute atomic E-state index is 12.2. The van der Waals surface area contributed by atoms with Crippen LogP contribution >= 0.6 is 0 Å². The van der Waals surface area contributed by atoms with Gasteiger partial charge in [0.15, 0.2) is 43.1 Å². The van der Waals surface area contributed by atoms with Crippen LogP contribution in [0.4, 0.5) is 0 Å². The van der Waals surface area contributed by atoms with Crippen LogP contribution in [-0.2, 0) is 80.9 Å². The first-order chi connectivity index (χ1) is 20.5. The standard InChI is InChI=1S/C26H36O18/c1-10(27)35-8-17-20(21(38-13(4)30)23(25(34)42-17)40-15(6)32)44-26-24(41-16(7)33)22(39-14(5)31)19(37-12(3)29)18(43-26)9-36-11(2)28/h17-26,34H,8-9H2,1-7H3/t17?,18?,19-,20-,21+,22+,23?,24?,25-,26+/m1/s1. The predicted molar refractivity (Wildman–Crippen MR) is 135 cm³/mol. The van der Waals surface area contributed by atoms with Gasteiger partial charge in [-0.2, -0.15) is 0 Å². The fraction of sp³-hybridized carbons (Fsp3) is 0.731. The summed E-state index contributed by atoms with van der Waals surface area (Å²) in [6.45, 7) is 6.11. The van der Waals surface area contributed by atoms with E-state index in [0.717, 1.165) is 48.5 Å². The Morgan fingerprint density at radius 1 is 0.477 bits per heavy atom. The second-order valence-electron chi connectivity index (χ2n) is 9.68. The highest BCUT2D eigenvalue weighted by Gasteiger charge is 2.57. The second-order valence-corrected chi connectivity index (χ2v) is 9.68. The summed E-state index contributed by atoms with van der Waals surface area (Å²) in [5.41, 5.74) is 0. The van der Waals surface area contributed by atoms with E-state index >= 15 is 0 Å². The molecule has 18 heteroatoms. The minimum atomic E-state index is -1.90. The number of aliphatic hydroxyl groups is 1. The van der Waals surface area contributed by atoms with E-state index in [0.29, 0.717) is 0 Å². The minimum Gasteiger partial charge on any atom is -0.463 e. The summed E-state index contributed by atoms with van der Waals surface area (Å²) in [6, 6.07) is 0. The van der Waals surface area contributed by atoms with Crippen molar-refractivity contribution in [1.82, 2.24) is 0 Å². The molecule has 1 N–H and O–H groups in total. The maximum Gasteiger partial charge on any atom is 0.303 e. The van der Waals surface area contributed by atoms with Crippen molar-refractivity contribution < 1.29 is 86.0 Å². The van der Waals surface area contributed by atoms with E-state index in [1.165, 1.54) is 0 Å². The zero-order valence-electron chi connectivity index (χ0n) is 25.1. The van der Waals surface area contributed by atoms with Gasteiger partial charge >= 0.3 is 41.8 Å². The molecule has 2 saturated heterocycles. The molecular weight excluding hydrogens is 600 g/mol. The topological polar surface area (TPSA) is 232 Å². The highest BCUT2D eigenvalue weighted by molar-refractivity contribution is 5.69. The molecule has 248 valence electrons. The Labute approximate surface area is 251 Å². The molecule has 0 spiro atoms. The van der Waals surface area contributed by atoms with Gasteiger partial charge in [0.25, 0.3) is 0 Å². The molecule has 44 heavy (non-hydrogen) atoms. The molecule has 0 aromatic rings. The van der Waals surface area contributed by atoms with Gasteiger partial charge in [0.2, 0.25) is 0 Å². The first-order valence-corrected chi connectivity index (χ1v) is 13.3. The number of rotatable bonds is 11. The molecule has 18 nitrogen and oxygen atoms in total. The lowest BCUT2D eigenvalue weighted by molar-refractivity contribution is -0.357. The molecule has 2 rings (SSSR count). The predicted octanol–water partition coefficient (Wildman–Crippen LogP) is -1.40. The van der Waals surface area contributed by atoms with E-state index in [1.54, 1.807) is 0 Å². The average molecular weight is 637 g/mol. The van der Waals surface area contributed by atoms with E-state index in [2.05, 4.69) is 0 Å². The fourth-order valence-corrected chi connectivity index (χ4v) is 4.49. The Bertz CT molecular complexity index is 1090. The lowest BCUT2D eigenvalue weighted by atomic mass is 9.96. The third-order valence-corrected chi connectivity index (χ3v) is 5.90. The smallest absolute Gasteiger partial charge is 0.303 e. The van der Waals surface area contributed by atoms with Crippen LogP contribution in [0.15, 0.2) is 0 Å². The summed E-state index contributed by atoms with van der Waals surface area (Å²) in [5.74, 6) is -6.03. The van der Waals surface area contributed by atoms with Crippen molar-refractivity contribution in [2.75, 3.05) is 13.2 Å². The lowest BCUT2D eigenvalue weighted by Crippen LogP contribution is -2.67. The van der Waals surface area contributed by atoms with Gasteiger partial charge in [0.1, 0.15) is 31.5 Å². The molecule has 0 saturated carbocycles. The fourth-order valence-electron chi connectivity index (χ4n) is 4.49. The van der Waals surface area contributed by atoms with Crippen molar-refractivity contribution in [2.24, 2.45) is 0 Å². The largest absolute Gasteiger partial charge is 0.463 e. The number of hydrogen-bond donors (Lipinski definition) is 1. The number of aliphatic hydroxyl groups excluding tert-OH is 1. The molecule has 10 atom stereocenters. The molecule has 0 radical (unpaired) electrons. The van der Waals surface area contributed by atoms with Crippen molar-refractivity contribution in [2.45, 2.75) is 110 Å². The number of carbonyl (C=O) groups excluding carboxylic acids is 7. The van der Waals surface area contributed by atoms with Gasteiger partial charge in [-0.25, -0.2) is 0 Å². The van der Waals surface area contributed by atoms with Crippen molar-refractivity contribution >= 4 is 41.8 Å². The molecule has 2 heterocycles. The zero-order chi connectivity index (χ0) is 33.3. The van der Waals surface area contributed by atoms with E-state index in [4.69, 9.17) is 47.4 Å². The number of carbonyl (C=O) groups is 7. The summed E-state index contributed by atoms with van der Waals surface area (Å²) < 4.78 is 54.1. The monoisotopic (exact) mass is 636 g/mol. The Hall–Kier alpha value is -3.87. The molecule has 4 unspecified atom stereocenters. The average Bonchev–Trinajstić information content (AvgIpc) is 2.87. The van der Waals surface area contributed by atoms with Crippen molar-refractivity contribution in [3.8, 4) is 0 Å². The van der Waals surface area contributed by atoms with Gasteiger partial charge in [-0.3, -0.25) is 33.6 Å². The number of ether oxygens (including phenoxy) is 10. The molecule has 2 fully saturated rings. The van der Waals surface area contributed by atoms with Crippen LogP contribution < -0.4 is 0 Å². The van der Waals surface area contributed by atoms with E-state index in [9.17, 15) is 38.7 Å². The number of esters is 7. The Kier molecular flexibility index (Phi) is 13.4. The third-order valence-electron chi connectivity index (χ3n) is 5.90. The summed E-state index contributed by atoms with van der Waals surface area (Å²) in [5, 5.41) is 10.6. The molecular formula is C26H36O18. The lowest BCUT2D eigenvalue weighted by Gasteiger charge is -2.48. The minimum absolute atomic E-state index is 0.572. The van der Waals surface area contributed by atoms with Crippen LogP contribution in [0.2, 0.25) is 0 Å². The van der Waals surface area contributed by atoms with Crippen molar-refractivity contribution in [1.29, 1.82) is 0 Å². The van der Waals surface area contributed by atoms with Gasteiger partial charge in [-0.05, 0) is 0 Å². The van der Waals surface area contributed by atoms with Crippen LogP contribution in [0.25, 0.3) is 0 Å². The van der Waals surface area contributed by atoms with E-state index in [-0.39, 0.29) is 0 Å². The van der Waals surface area contributed by atoms with Crippen LogP contribution in [0.3, 0.4) is 0 Å².